The number of hydrogen-bond acceptors (Lipinski definition) is 5. The standard InChI is InChI=1S/C25H24ClN3O3S/c1-3-5-13-28-23(30)21(16-27)25-29(19-9-11-20(12-10-19)32-4-2)24(31)22(33-25)15-17-7-6-8-18(26)14-17/h6-12,14-15H,3-5,13H2,1-2H3,(H,28,30)/b22-15-,25-21-. The van der Waals surface area contributed by atoms with Gasteiger partial charge in [0.1, 0.15) is 16.5 Å². The number of rotatable bonds is 8. The largest absolute Gasteiger partial charge is 0.494 e. The van der Waals surface area contributed by atoms with Gasteiger partial charge in [-0.2, -0.15) is 5.26 Å². The van der Waals surface area contributed by atoms with E-state index >= 15 is 0 Å². The van der Waals surface area contributed by atoms with Gasteiger partial charge in [-0.3, -0.25) is 14.2 Å². The molecule has 1 heterocycles. The van der Waals surface area contributed by atoms with Gasteiger partial charge < -0.3 is 10.1 Å². The van der Waals surface area contributed by atoms with E-state index in [1.807, 2.05) is 26.0 Å². The molecule has 0 unspecified atom stereocenters. The Kier molecular flexibility index (Phi) is 8.47. The van der Waals surface area contributed by atoms with Gasteiger partial charge in [-0.15, -0.1) is 11.3 Å². The minimum absolute atomic E-state index is 0.104. The molecule has 0 saturated carbocycles. The molecule has 0 aliphatic carbocycles. The van der Waals surface area contributed by atoms with Gasteiger partial charge in [-0.25, -0.2) is 0 Å². The van der Waals surface area contributed by atoms with Crippen molar-refractivity contribution in [1.82, 2.24) is 9.88 Å². The van der Waals surface area contributed by atoms with Crippen molar-refractivity contribution >= 4 is 40.5 Å². The lowest BCUT2D eigenvalue weighted by Crippen LogP contribution is -2.34. The molecule has 0 bridgehead atoms. The fourth-order valence-electron chi connectivity index (χ4n) is 3.15. The fraction of sp³-hybridized carbons (Fsp3) is 0.240. The van der Waals surface area contributed by atoms with E-state index in [9.17, 15) is 14.9 Å². The molecule has 6 nitrogen and oxygen atoms in total. The number of benzene rings is 2. The number of ether oxygens (including phenoxy) is 1. The van der Waals surface area contributed by atoms with Crippen LogP contribution in [0.1, 0.15) is 32.3 Å². The van der Waals surface area contributed by atoms with Crippen molar-refractivity contribution in [3.8, 4) is 17.5 Å². The minimum atomic E-state index is -0.499. The van der Waals surface area contributed by atoms with Crippen LogP contribution in [0, 0.1) is 11.3 Å². The molecule has 0 spiro atoms. The highest BCUT2D eigenvalue weighted by atomic mass is 35.5. The summed E-state index contributed by atoms with van der Waals surface area (Å²) >= 11 is 7.18. The highest BCUT2D eigenvalue weighted by molar-refractivity contribution is 7.07. The minimum Gasteiger partial charge on any atom is -0.494 e. The van der Waals surface area contributed by atoms with E-state index in [1.54, 1.807) is 48.5 Å². The van der Waals surface area contributed by atoms with Crippen LogP contribution in [0.5, 0.6) is 5.75 Å². The van der Waals surface area contributed by atoms with Gasteiger partial charge in [0, 0.05) is 11.6 Å². The molecule has 1 aromatic heterocycles. The average molecular weight is 482 g/mol. The summed E-state index contributed by atoms with van der Waals surface area (Å²) in [5, 5.41) is 13.1. The summed E-state index contributed by atoms with van der Waals surface area (Å²) in [6.45, 7) is 4.88. The van der Waals surface area contributed by atoms with E-state index in [0.29, 0.717) is 34.1 Å². The summed E-state index contributed by atoms with van der Waals surface area (Å²) < 4.78 is 7.54. The lowest BCUT2D eigenvalue weighted by atomic mass is 10.2. The number of nitrogens with one attached hydrogen (secondary N) is 1. The van der Waals surface area contributed by atoms with Crippen LogP contribution in [0.25, 0.3) is 17.3 Å². The third kappa shape index (κ3) is 5.92. The third-order valence-corrected chi connectivity index (χ3v) is 6.07. The molecule has 3 aromatic rings. The van der Waals surface area contributed by atoms with Gasteiger partial charge in [-0.1, -0.05) is 37.1 Å². The number of unbranched alkanes of at least 4 members (excludes halogenated alkanes) is 1. The molecule has 0 saturated heterocycles. The second kappa shape index (κ2) is 11.5. The number of hydrogen-bond donors (Lipinski definition) is 1. The van der Waals surface area contributed by atoms with Crippen molar-refractivity contribution in [1.29, 1.82) is 5.26 Å². The monoisotopic (exact) mass is 481 g/mol. The number of aromatic nitrogens is 1. The Labute approximate surface area is 201 Å². The van der Waals surface area contributed by atoms with E-state index in [-0.39, 0.29) is 15.8 Å². The van der Waals surface area contributed by atoms with Crippen molar-refractivity contribution in [2.24, 2.45) is 0 Å². The predicted octanol–water partition coefficient (Wildman–Crippen LogP) is 3.37. The molecule has 0 atom stereocenters. The topological polar surface area (TPSA) is 84.1 Å². The lowest BCUT2D eigenvalue weighted by Gasteiger charge is -2.07. The Morgan fingerprint density at radius 1 is 1.24 bits per heavy atom. The Morgan fingerprint density at radius 3 is 2.64 bits per heavy atom. The van der Waals surface area contributed by atoms with Crippen molar-refractivity contribution in [2.45, 2.75) is 26.7 Å². The zero-order valence-corrected chi connectivity index (χ0v) is 20.0. The molecule has 2 aromatic carbocycles. The molecule has 1 amide bonds. The van der Waals surface area contributed by atoms with Crippen LogP contribution in [0.3, 0.4) is 0 Å². The molecular formula is C25H24ClN3O3S. The van der Waals surface area contributed by atoms with Crippen LogP contribution in [-0.2, 0) is 4.79 Å². The van der Waals surface area contributed by atoms with Crippen molar-refractivity contribution in [3.63, 3.8) is 0 Å². The maximum atomic E-state index is 13.4. The zero-order chi connectivity index (χ0) is 23.8. The van der Waals surface area contributed by atoms with Crippen LogP contribution in [0.2, 0.25) is 5.02 Å². The second-order valence-electron chi connectivity index (χ2n) is 7.13. The van der Waals surface area contributed by atoms with E-state index in [2.05, 4.69) is 5.32 Å². The van der Waals surface area contributed by atoms with Crippen LogP contribution >= 0.6 is 22.9 Å². The van der Waals surface area contributed by atoms with Crippen LogP contribution in [0.4, 0.5) is 0 Å². The number of thiazole rings is 1. The summed E-state index contributed by atoms with van der Waals surface area (Å²) in [4.78, 5) is 26.2. The normalized spacial score (nSPS) is 12.2. The smallest absolute Gasteiger partial charge is 0.273 e. The van der Waals surface area contributed by atoms with Gasteiger partial charge in [0.15, 0.2) is 5.57 Å². The summed E-state index contributed by atoms with van der Waals surface area (Å²) in [5.74, 6) is 0.166. The first-order chi connectivity index (χ1) is 16.0. The summed E-state index contributed by atoms with van der Waals surface area (Å²) in [6, 6.07) is 16.1. The molecule has 0 aliphatic rings. The number of carbonyl (C=O) groups excluding carboxylic acids is 1. The fourth-order valence-corrected chi connectivity index (χ4v) is 4.45. The first kappa shape index (κ1) is 24.3. The van der Waals surface area contributed by atoms with Crippen molar-refractivity contribution in [2.75, 3.05) is 13.2 Å². The molecule has 33 heavy (non-hydrogen) atoms. The molecule has 170 valence electrons. The van der Waals surface area contributed by atoms with Crippen LogP contribution in [-0.4, -0.2) is 23.6 Å². The van der Waals surface area contributed by atoms with E-state index in [0.717, 1.165) is 29.7 Å². The molecule has 8 heteroatoms. The maximum absolute atomic E-state index is 13.4. The first-order valence-corrected chi connectivity index (χ1v) is 11.8. The third-order valence-electron chi connectivity index (χ3n) is 4.74. The highest BCUT2D eigenvalue weighted by Crippen LogP contribution is 2.14. The number of nitriles is 1. The number of halogens is 1. The molecule has 0 fully saturated rings. The zero-order valence-electron chi connectivity index (χ0n) is 18.4. The summed E-state index contributed by atoms with van der Waals surface area (Å²) in [5.41, 5.74) is 0.854. The Balaban J connectivity index is 2.25. The van der Waals surface area contributed by atoms with E-state index in [1.165, 1.54) is 4.57 Å². The van der Waals surface area contributed by atoms with Gasteiger partial charge in [-0.05, 0) is 61.4 Å². The van der Waals surface area contributed by atoms with Gasteiger partial charge >= 0.3 is 0 Å². The summed E-state index contributed by atoms with van der Waals surface area (Å²) in [7, 11) is 0. The average Bonchev–Trinajstić information content (AvgIpc) is 3.11. The van der Waals surface area contributed by atoms with E-state index < -0.39 is 5.91 Å². The molecule has 3 rings (SSSR count). The van der Waals surface area contributed by atoms with E-state index in [4.69, 9.17) is 16.3 Å². The predicted molar refractivity (Wildman–Crippen MR) is 132 cm³/mol. The Morgan fingerprint density at radius 2 is 2.00 bits per heavy atom. The molecule has 0 aliphatic heterocycles. The van der Waals surface area contributed by atoms with Gasteiger partial charge in [0.25, 0.3) is 11.5 Å². The van der Waals surface area contributed by atoms with Crippen molar-refractivity contribution < 1.29 is 9.53 Å². The second-order valence-corrected chi connectivity index (χ2v) is 8.60. The molecule has 0 radical (unpaired) electrons. The lowest BCUT2D eigenvalue weighted by molar-refractivity contribution is -0.115. The maximum Gasteiger partial charge on any atom is 0.273 e. The first-order valence-electron chi connectivity index (χ1n) is 10.6. The highest BCUT2D eigenvalue weighted by Gasteiger charge is 2.17. The number of carbonyl (C=O) groups is 1. The molecule has 1 N–H and O–H groups in total. The quantitative estimate of drug-likeness (QED) is 0.500. The SMILES string of the molecule is CCCCNC(=O)/C(C#N)=c1\s/c(=C\c2cccc(Cl)c2)c(=O)n1-c1ccc(OCC)cc1. The Hall–Kier alpha value is -3.34. The van der Waals surface area contributed by atoms with Crippen LogP contribution in [0.15, 0.2) is 53.3 Å². The number of nitrogens with zero attached hydrogens (tertiary/aromatic N) is 2. The van der Waals surface area contributed by atoms with Gasteiger partial charge in [0.2, 0.25) is 0 Å². The number of amides is 1. The Bertz CT molecular complexity index is 1350. The van der Waals surface area contributed by atoms with Crippen molar-refractivity contribution in [3.05, 3.63) is 78.7 Å². The molecular weight excluding hydrogens is 458 g/mol. The summed E-state index contributed by atoms with van der Waals surface area (Å²) in [6.07, 6.45) is 3.42. The van der Waals surface area contributed by atoms with Crippen LogP contribution < -0.4 is 24.8 Å². The van der Waals surface area contributed by atoms with Gasteiger partial charge in [0.05, 0.1) is 16.8 Å².